The number of carbonyl (C=O) groups is 1. The van der Waals surface area contributed by atoms with E-state index in [1.807, 2.05) is 0 Å². The summed E-state index contributed by atoms with van der Waals surface area (Å²) in [5.74, 6) is 0.530. The summed E-state index contributed by atoms with van der Waals surface area (Å²) in [5, 5.41) is 13.6. The zero-order valence-electron chi connectivity index (χ0n) is 16.3. The molecule has 0 atom stereocenters. The Morgan fingerprint density at radius 3 is 2.39 bits per heavy atom. The standard InChI is InChI=1S/C21H26N4O3/c1-16(2)18-8-6-17(7-9-18)15-23-10-12-24(13-11-23)21(26)22-19-4-3-5-20(14-19)25(27)28/h3-9,14,16H,10-13,15H2,1-2H3,(H,22,26). The molecule has 0 spiro atoms. The van der Waals surface area contributed by atoms with Gasteiger partial charge in [0.1, 0.15) is 0 Å². The second kappa shape index (κ2) is 8.84. The van der Waals surface area contributed by atoms with Gasteiger partial charge in [0.15, 0.2) is 0 Å². The van der Waals surface area contributed by atoms with Crippen LogP contribution in [0, 0.1) is 10.1 Å². The van der Waals surface area contributed by atoms with Crippen LogP contribution in [0.4, 0.5) is 16.2 Å². The molecule has 1 N–H and O–H groups in total. The molecule has 3 rings (SSSR count). The summed E-state index contributed by atoms with van der Waals surface area (Å²) in [7, 11) is 0. The largest absolute Gasteiger partial charge is 0.322 e. The Bertz CT molecular complexity index is 828. The summed E-state index contributed by atoms with van der Waals surface area (Å²) in [6.07, 6.45) is 0. The van der Waals surface area contributed by atoms with Crippen LogP contribution >= 0.6 is 0 Å². The molecule has 0 radical (unpaired) electrons. The van der Waals surface area contributed by atoms with Crippen molar-refractivity contribution in [3.8, 4) is 0 Å². The number of piperazine rings is 1. The van der Waals surface area contributed by atoms with E-state index >= 15 is 0 Å². The number of non-ortho nitro benzene ring substituents is 1. The maximum Gasteiger partial charge on any atom is 0.321 e. The van der Waals surface area contributed by atoms with Crippen molar-refractivity contribution in [1.82, 2.24) is 9.80 Å². The third-order valence-corrected chi connectivity index (χ3v) is 5.02. The number of rotatable bonds is 5. The van der Waals surface area contributed by atoms with Gasteiger partial charge in [0.05, 0.1) is 4.92 Å². The Hall–Kier alpha value is -2.93. The zero-order chi connectivity index (χ0) is 20.1. The third kappa shape index (κ3) is 5.07. The number of nitro groups is 1. The van der Waals surface area contributed by atoms with Crippen LogP contribution in [-0.4, -0.2) is 46.9 Å². The zero-order valence-corrected chi connectivity index (χ0v) is 16.3. The monoisotopic (exact) mass is 382 g/mol. The van der Waals surface area contributed by atoms with Gasteiger partial charge in [-0.15, -0.1) is 0 Å². The van der Waals surface area contributed by atoms with Gasteiger partial charge in [0, 0.05) is 50.5 Å². The molecule has 0 unspecified atom stereocenters. The van der Waals surface area contributed by atoms with E-state index in [2.05, 4.69) is 48.3 Å². The number of anilines is 1. The predicted octanol–water partition coefficient (Wildman–Crippen LogP) is 4.07. The average molecular weight is 382 g/mol. The number of amides is 2. The fraction of sp³-hybridized carbons (Fsp3) is 0.381. The highest BCUT2D eigenvalue weighted by molar-refractivity contribution is 5.89. The van der Waals surface area contributed by atoms with E-state index in [1.165, 1.54) is 23.3 Å². The van der Waals surface area contributed by atoms with Crippen molar-refractivity contribution in [2.24, 2.45) is 0 Å². The Balaban J connectivity index is 1.50. The highest BCUT2D eigenvalue weighted by Gasteiger charge is 2.21. The Morgan fingerprint density at radius 2 is 1.79 bits per heavy atom. The first kappa shape index (κ1) is 19.8. The van der Waals surface area contributed by atoms with Crippen molar-refractivity contribution in [3.63, 3.8) is 0 Å². The van der Waals surface area contributed by atoms with Gasteiger partial charge in [0.2, 0.25) is 0 Å². The molecular weight excluding hydrogens is 356 g/mol. The summed E-state index contributed by atoms with van der Waals surface area (Å²) in [4.78, 5) is 26.9. The molecule has 7 nitrogen and oxygen atoms in total. The third-order valence-electron chi connectivity index (χ3n) is 5.02. The molecule has 1 aliphatic heterocycles. The van der Waals surface area contributed by atoms with E-state index in [4.69, 9.17) is 0 Å². The fourth-order valence-corrected chi connectivity index (χ4v) is 3.27. The Morgan fingerprint density at radius 1 is 1.11 bits per heavy atom. The van der Waals surface area contributed by atoms with Gasteiger partial charge in [0.25, 0.3) is 5.69 Å². The number of carbonyl (C=O) groups excluding carboxylic acids is 1. The number of hydrogen-bond donors (Lipinski definition) is 1. The van der Waals surface area contributed by atoms with E-state index in [0.717, 1.165) is 19.6 Å². The van der Waals surface area contributed by atoms with Gasteiger partial charge in [-0.25, -0.2) is 4.79 Å². The van der Waals surface area contributed by atoms with Gasteiger partial charge in [-0.05, 0) is 23.1 Å². The number of nitro benzene ring substituents is 1. The molecule has 148 valence electrons. The Labute approximate surface area is 165 Å². The minimum atomic E-state index is -0.470. The highest BCUT2D eigenvalue weighted by Crippen LogP contribution is 2.19. The lowest BCUT2D eigenvalue weighted by Crippen LogP contribution is -2.49. The highest BCUT2D eigenvalue weighted by atomic mass is 16.6. The van der Waals surface area contributed by atoms with Crippen molar-refractivity contribution in [2.75, 3.05) is 31.5 Å². The predicted molar refractivity (Wildman–Crippen MR) is 109 cm³/mol. The van der Waals surface area contributed by atoms with Crippen LogP contribution in [-0.2, 0) is 6.54 Å². The normalized spacial score (nSPS) is 14.9. The molecule has 2 aromatic carbocycles. The van der Waals surface area contributed by atoms with Crippen LogP contribution in [0.5, 0.6) is 0 Å². The Kier molecular flexibility index (Phi) is 6.26. The number of nitrogens with one attached hydrogen (secondary N) is 1. The maximum atomic E-state index is 12.4. The van der Waals surface area contributed by atoms with Crippen LogP contribution in [0.3, 0.4) is 0 Å². The summed E-state index contributed by atoms with van der Waals surface area (Å²) in [6, 6.07) is 14.5. The molecule has 0 saturated carbocycles. The second-order valence-electron chi connectivity index (χ2n) is 7.40. The lowest BCUT2D eigenvalue weighted by Gasteiger charge is -2.34. The van der Waals surface area contributed by atoms with Crippen LogP contribution in [0.25, 0.3) is 0 Å². The van der Waals surface area contributed by atoms with Crippen molar-refractivity contribution in [1.29, 1.82) is 0 Å². The van der Waals surface area contributed by atoms with Crippen molar-refractivity contribution in [2.45, 2.75) is 26.3 Å². The van der Waals surface area contributed by atoms with Crippen molar-refractivity contribution in [3.05, 3.63) is 69.8 Å². The first-order valence-electron chi connectivity index (χ1n) is 9.54. The molecule has 1 heterocycles. The first-order chi connectivity index (χ1) is 13.4. The molecule has 1 fully saturated rings. The van der Waals surface area contributed by atoms with E-state index in [1.54, 1.807) is 17.0 Å². The molecule has 2 amide bonds. The molecule has 28 heavy (non-hydrogen) atoms. The molecule has 1 aliphatic rings. The number of benzene rings is 2. The lowest BCUT2D eigenvalue weighted by molar-refractivity contribution is -0.384. The second-order valence-corrected chi connectivity index (χ2v) is 7.40. The van der Waals surface area contributed by atoms with E-state index < -0.39 is 4.92 Å². The number of nitrogens with zero attached hydrogens (tertiary/aromatic N) is 3. The summed E-state index contributed by atoms with van der Waals surface area (Å²) >= 11 is 0. The minimum absolute atomic E-state index is 0.0360. The summed E-state index contributed by atoms with van der Waals surface area (Å²) in [6.45, 7) is 8.11. The van der Waals surface area contributed by atoms with Crippen molar-refractivity contribution < 1.29 is 9.72 Å². The smallest absolute Gasteiger partial charge is 0.321 e. The molecule has 0 bridgehead atoms. The van der Waals surface area contributed by atoms with Crippen LogP contribution in [0.15, 0.2) is 48.5 Å². The molecule has 2 aromatic rings. The average Bonchev–Trinajstić information content (AvgIpc) is 2.69. The quantitative estimate of drug-likeness (QED) is 0.625. The molecule has 1 saturated heterocycles. The lowest BCUT2D eigenvalue weighted by atomic mass is 10.0. The van der Waals surface area contributed by atoms with Crippen LogP contribution in [0.2, 0.25) is 0 Å². The summed E-state index contributed by atoms with van der Waals surface area (Å²) < 4.78 is 0. The molecule has 7 heteroatoms. The van der Waals surface area contributed by atoms with Gasteiger partial charge < -0.3 is 10.2 Å². The van der Waals surface area contributed by atoms with Crippen LogP contribution in [0.1, 0.15) is 30.9 Å². The van der Waals surface area contributed by atoms with Crippen molar-refractivity contribution >= 4 is 17.4 Å². The van der Waals surface area contributed by atoms with E-state index in [0.29, 0.717) is 24.7 Å². The maximum absolute atomic E-state index is 12.4. The topological polar surface area (TPSA) is 78.7 Å². The van der Waals surface area contributed by atoms with Crippen LogP contribution < -0.4 is 5.32 Å². The number of urea groups is 1. The minimum Gasteiger partial charge on any atom is -0.322 e. The fourth-order valence-electron chi connectivity index (χ4n) is 3.27. The van der Waals surface area contributed by atoms with Gasteiger partial charge in [-0.3, -0.25) is 15.0 Å². The van der Waals surface area contributed by atoms with Gasteiger partial charge in [-0.2, -0.15) is 0 Å². The SMILES string of the molecule is CC(C)c1ccc(CN2CCN(C(=O)Nc3cccc([N+](=O)[O-])c3)CC2)cc1. The number of hydrogen-bond acceptors (Lipinski definition) is 4. The first-order valence-corrected chi connectivity index (χ1v) is 9.54. The van der Waals surface area contributed by atoms with Gasteiger partial charge >= 0.3 is 6.03 Å². The van der Waals surface area contributed by atoms with Gasteiger partial charge in [-0.1, -0.05) is 44.2 Å². The molecular formula is C21H26N4O3. The molecule has 0 aromatic heterocycles. The molecule has 0 aliphatic carbocycles. The van der Waals surface area contributed by atoms with E-state index in [-0.39, 0.29) is 11.7 Å². The summed E-state index contributed by atoms with van der Waals surface area (Å²) in [5.41, 5.74) is 3.02. The van der Waals surface area contributed by atoms with E-state index in [9.17, 15) is 14.9 Å².